The molecule has 0 spiro atoms. The predicted octanol–water partition coefficient (Wildman–Crippen LogP) is 2.24. The number of benzene rings is 2. The van der Waals surface area contributed by atoms with Crippen LogP contribution in [0.2, 0.25) is 0 Å². The monoisotopic (exact) mass is 352 g/mol. The molecule has 3 rings (SSSR count). The van der Waals surface area contributed by atoms with Gasteiger partial charge in [-0.25, -0.2) is 0 Å². The van der Waals surface area contributed by atoms with Gasteiger partial charge in [0.15, 0.2) is 0 Å². The van der Waals surface area contributed by atoms with Crippen molar-refractivity contribution in [1.82, 2.24) is 4.90 Å². The lowest BCUT2D eigenvalue weighted by Gasteiger charge is -2.14. The molecule has 2 aromatic carbocycles. The molecule has 3 amide bonds. The average molecular weight is 352 g/mol. The van der Waals surface area contributed by atoms with E-state index in [2.05, 4.69) is 5.32 Å². The van der Waals surface area contributed by atoms with Gasteiger partial charge in [-0.15, -0.1) is 0 Å². The number of carbonyl (C=O) groups is 4. The van der Waals surface area contributed by atoms with Crippen LogP contribution in [0.3, 0.4) is 0 Å². The fraction of sp³-hybridized carbons (Fsp3) is 0.158. The maximum atomic E-state index is 12.3. The van der Waals surface area contributed by atoms with Crippen LogP contribution < -0.4 is 10.1 Å². The van der Waals surface area contributed by atoms with E-state index in [1.54, 1.807) is 49.4 Å². The van der Waals surface area contributed by atoms with E-state index in [9.17, 15) is 19.2 Å². The number of nitrogens with zero attached hydrogens (tertiary/aromatic N) is 1. The lowest BCUT2D eigenvalue weighted by Crippen LogP contribution is -2.37. The predicted molar refractivity (Wildman–Crippen MR) is 92.8 cm³/mol. The first-order valence-electron chi connectivity index (χ1n) is 8.05. The van der Waals surface area contributed by atoms with Crippen molar-refractivity contribution in [2.75, 3.05) is 11.9 Å². The van der Waals surface area contributed by atoms with Crippen molar-refractivity contribution >= 4 is 29.4 Å². The summed E-state index contributed by atoms with van der Waals surface area (Å²) >= 11 is 0. The Morgan fingerprint density at radius 3 is 2.27 bits per heavy atom. The van der Waals surface area contributed by atoms with E-state index in [0.717, 1.165) is 4.90 Å². The zero-order valence-electron chi connectivity index (χ0n) is 14.0. The Morgan fingerprint density at radius 1 is 1.00 bits per heavy atom. The lowest BCUT2D eigenvalue weighted by atomic mass is 10.1. The van der Waals surface area contributed by atoms with Crippen molar-refractivity contribution in [3.8, 4) is 5.75 Å². The highest BCUT2D eigenvalue weighted by Crippen LogP contribution is 2.22. The average Bonchev–Trinajstić information content (AvgIpc) is 2.87. The van der Waals surface area contributed by atoms with Crippen molar-refractivity contribution in [2.24, 2.45) is 0 Å². The number of hydrogen-bond acceptors (Lipinski definition) is 5. The van der Waals surface area contributed by atoms with Gasteiger partial charge in [0.1, 0.15) is 12.3 Å². The van der Waals surface area contributed by atoms with Crippen molar-refractivity contribution in [2.45, 2.75) is 13.3 Å². The molecule has 26 heavy (non-hydrogen) atoms. The van der Waals surface area contributed by atoms with Gasteiger partial charge in [0, 0.05) is 18.2 Å². The molecule has 1 N–H and O–H groups in total. The Kier molecular flexibility index (Phi) is 4.79. The number of fused-ring (bicyclic) bond motifs is 1. The molecule has 0 saturated carbocycles. The largest absolute Gasteiger partial charge is 0.426 e. The smallest absolute Gasteiger partial charge is 0.310 e. The first-order valence-corrected chi connectivity index (χ1v) is 8.05. The van der Waals surface area contributed by atoms with Gasteiger partial charge in [0.25, 0.3) is 11.8 Å². The zero-order chi connectivity index (χ0) is 18.7. The Bertz CT molecular complexity index is 871. The molecule has 7 heteroatoms. The van der Waals surface area contributed by atoms with Crippen molar-refractivity contribution in [1.29, 1.82) is 0 Å². The molecular weight excluding hydrogens is 336 g/mol. The van der Waals surface area contributed by atoms with Gasteiger partial charge >= 0.3 is 5.97 Å². The van der Waals surface area contributed by atoms with Crippen LogP contribution in [0.4, 0.5) is 5.69 Å². The highest BCUT2D eigenvalue weighted by atomic mass is 16.5. The third kappa shape index (κ3) is 3.46. The third-order valence-corrected chi connectivity index (χ3v) is 3.82. The minimum absolute atomic E-state index is 0.232. The Balaban J connectivity index is 1.67. The van der Waals surface area contributed by atoms with Gasteiger partial charge in [-0.2, -0.15) is 0 Å². The summed E-state index contributed by atoms with van der Waals surface area (Å²) in [5.74, 6) is -1.61. The lowest BCUT2D eigenvalue weighted by molar-refractivity contribution is -0.134. The molecule has 0 radical (unpaired) electrons. The minimum atomic E-state index is -0.529. The SMILES string of the molecule is CCC(=O)Oc1cccc(NC(=O)CN2C(=O)c3ccccc3C2=O)c1. The number of carbonyl (C=O) groups excluding carboxylic acids is 4. The summed E-state index contributed by atoms with van der Waals surface area (Å²) < 4.78 is 5.09. The number of rotatable bonds is 5. The molecule has 0 atom stereocenters. The van der Waals surface area contributed by atoms with Gasteiger partial charge in [-0.3, -0.25) is 24.1 Å². The molecule has 0 aromatic heterocycles. The summed E-state index contributed by atoms with van der Waals surface area (Å²) in [5, 5.41) is 2.59. The fourth-order valence-corrected chi connectivity index (χ4v) is 2.57. The normalized spacial score (nSPS) is 12.7. The van der Waals surface area contributed by atoms with E-state index in [1.807, 2.05) is 0 Å². The molecule has 0 saturated heterocycles. The molecule has 2 aromatic rings. The van der Waals surface area contributed by atoms with Crippen LogP contribution in [0.25, 0.3) is 0 Å². The van der Waals surface area contributed by atoms with Gasteiger partial charge in [0.2, 0.25) is 5.91 Å². The van der Waals surface area contributed by atoms with E-state index >= 15 is 0 Å². The molecule has 1 heterocycles. The van der Waals surface area contributed by atoms with Crippen LogP contribution in [0.5, 0.6) is 5.75 Å². The molecule has 0 unspecified atom stereocenters. The summed E-state index contributed by atoms with van der Waals surface area (Å²) in [4.78, 5) is 49.0. The Labute approximate surface area is 149 Å². The third-order valence-electron chi connectivity index (χ3n) is 3.82. The van der Waals surface area contributed by atoms with Gasteiger partial charge < -0.3 is 10.1 Å². The van der Waals surface area contributed by atoms with Crippen molar-refractivity contribution in [3.05, 3.63) is 59.7 Å². The highest BCUT2D eigenvalue weighted by Gasteiger charge is 2.36. The minimum Gasteiger partial charge on any atom is -0.426 e. The van der Waals surface area contributed by atoms with Crippen LogP contribution in [0.15, 0.2) is 48.5 Å². The molecular formula is C19H16N2O5. The van der Waals surface area contributed by atoms with Crippen LogP contribution in [-0.4, -0.2) is 35.1 Å². The summed E-state index contributed by atoms with van der Waals surface area (Å²) in [6.45, 7) is 1.28. The second-order valence-corrected chi connectivity index (χ2v) is 5.65. The highest BCUT2D eigenvalue weighted by molar-refractivity contribution is 6.22. The fourth-order valence-electron chi connectivity index (χ4n) is 2.57. The number of esters is 1. The van der Waals surface area contributed by atoms with Gasteiger partial charge in [-0.05, 0) is 24.3 Å². The van der Waals surface area contributed by atoms with Gasteiger partial charge in [-0.1, -0.05) is 25.1 Å². The zero-order valence-corrected chi connectivity index (χ0v) is 14.0. The van der Waals surface area contributed by atoms with E-state index in [1.165, 1.54) is 6.07 Å². The standard InChI is InChI=1S/C19H16N2O5/c1-2-17(23)26-13-7-5-6-12(10-13)20-16(22)11-21-18(24)14-8-3-4-9-15(14)19(21)25/h3-10H,2,11H2,1H3,(H,20,22). The van der Waals surface area contributed by atoms with Crippen LogP contribution in [-0.2, 0) is 9.59 Å². The topological polar surface area (TPSA) is 92.8 Å². The number of imide groups is 1. The summed E-state index contributed by atoms with van der Waals surface area (Å²) in [6, 6.07) is 12.8. The molecule has 132 valence electrons. The van der Waals surface area contributed by atoms with Gasteiger partial charge in [0.05, 0.1) is 11.1 Å². The molecule has 0 aliphatic carbocycles. The first kappa shape index (κ1) is 17.3. The van der Waals surface area contributed by atoms with Crippen molar-refractivity contribution < 1.29 is 23.9 Å². The second kappa shape index (κ2) is 7.18. The van der Waals surface area contributed by atoms with E-state index in [-0.39, 0.29) is 12.4 Å². The number of ether oxygens (including phenoxy) is 1. The maximum absolute atomic E-state index is 12.3. The van der Waals surface area contributed by atoms with Crippen LogP contribution >= 0.6 is 0 Å². The Hall–Kier alpha value is -3.48. The molecule has 0 fully saturated rings. The molecule has 0 bridgehead atoms. The maximum Gasteiger partial charge on any atom is 0.310 e. The van der Waals surface area contributed by atoms with E-state index in [4.69, 9.17) is 4.74 Å². The van der Waals surface area contributed by atoms with E-state index in [0.29, 0.717) is 22.6 Å². The second-order valence-electron chi connectivity index (χ2n) is 5.65. The quantitative estimate of drug-likeness (QED) is 0.506. The number of amides is 3. The molecule has 7 nitrogen and oxygen atoms in total. The Morgan fingerprint density at radius 2 is 1.65 bits per heavy atom. The van der Waals surface area contributed by atoms with Crippen molar-refractivity contribution in [3.63, 3.8) is 0 Å². The molecule has 1 aliphatic rings. The first-order chi connectivity index (χ1) is 12.5. The number of nitrogens with one attached hydrogen (secondary N) is 1. The summed E-state index contributed by atoms with van der Waals surface area (Å²) in [6.07, 6.45) is 0.232. The number of hydrogen-bond donors (Lipinski definition) is 1. The van der Waals surface area contributed by atoms with Crippen LogP contribution in [0, 0.1) is 0 Å². The summed E-state index contributed by atoms with van der Waals surface area (Å²) in [7, 11) is 0. The van der Waals surface area contributed by atoms with Crippen LogP contribution in [0.1, 0.15) is 34.1 Å². The number of anilines is 1. The molecule has 1 aliphatic heterocycles. The van der Waals surface area contributed by atoms with E-state index < -0.39 is 24.3 Å². The summed E-state index contributed by atoms with van der Waals surface area (Å²) in [5.41, 5.74) is 0.977.